The molecule has 12 heteroatoms. The highest BCUT2D eigenvalue weighted by atomic mass is 35.5. The first-order valence-corrected chi connectivity index (χ1v) is 10.9. The third-order valence-corrected chi connectivity index (χ3v) is 4.89. The number of rotatable bonds is 7. The zero-order valence-electron chi connectivity index (χ0n) is 17.9. The fourth-order valence-electron chi connectivity index (χ4n) is 2.93. The van der Waals surface area contributed by atoms with Crippen LogP contribution < -0.4 is 25.6 Å². The Bertz CT molecular complexity index is 1300. The molecule has 0 bridgehead atoms. The molecule has 0 unspecified atom stereocenters. The Hall–Kier alpha value is -3.96. The van der Waals surface area contributed by atoms with Crippen molar-refractivity contribution in [2.75, 3.05) is 18.5 Å². The molecular weight excluding hydrogens is 480 g/mol. The zero-order chi connectivity index (χ0) is 23.9. The summed E-state index contributed by atoms with van der Waals surface area (Å²) < 4.78 is 16.3. The van der Waals surface area contributed by atoms with Gasteiger partial charge < -0.3 is 19.3 Å². The number of carbonyl (C=O) groups is 1. The van der Waals surface area contributed by atoms with Gasteiger partial charge in [-0.3, -0.25) is 15.6 Å². The molecule has 1 amide bonds. The number of carbonyl (C=O) groups excluding carboxylic acids is 1. The summed E-state index contributed by atoms with van der Waals surface area (Å²) in [5, 5.41) is 8.23. The topological polar surface area (TPSA) is 123 Å². The van der Waals surface area contributed by atoms with Crippen LogP contribution in [0.5, 0.6) is 11.6 Å². The van der Waals surface area contributed by atoms with Crippen LogP contribution in [0.1, 0.15) is 6.92 Å². The summed E-state index contributed by atoms with van der Waals surface area (Å²) in [5.41, 5.74) is 7.25. The molecule has 0 saturated heterocycles. The lowest BCUT2D eigenvalue weighted by Gasteiger charge is -2.12. The fourth-order valence-corrected chi connectivity index (χ4v) is 3.23. The molecule has 0 saturated carbocycles. The summed E-state index contributed by atoms with van der Waals surface area (Å²) in [6, 6.07) is 14.3. The van der Waals surface area contributed by atoms with Crippen molar-refractivity contribution in [3.8, 4) is 22.9 Å². The first-order valence-electron chi connectivity index (χ1n) is 10.1. The number of hydrogen-bond acceptors (Lipinski definition) is 8. The Kier molecular flexibility index (Phi) is 7.35. The second-order valence-electron chi connectivity index (χ2n) is 6.77. The second kappa shape index (κ2) is 10.8. The van der Waals surface area contributed by atoms with Gasteiger partial charge in [-0.1, -0.05) is 28.9 Å². The summed E-state index contributed by atoms with van der Waals surface area (Å²) in [4.78, 5) is 20.4. The van der Waals surface area contributed by atoms with E-state index in [2.05, 4.69) is 31.3 Å². The van der Waals surface area contributed by atoms with Crippen LogP contribution in [0.15, 0.2) is 59.4 Å². The number of aromatic nitrogens is 3. The van der Waals surface area contributed by atoms with Gasteiger partial charge in [0.05, 0.1) is 6.61 Å². The lowest BCUT2D eigenvalue weighted by atomic mass is 10.1. The number of ether oxygens (including phenoxy) is 2. The fraction of sp³-hybridized carbons (Fsp3) is 0.136. The van der Waals surface area contributed by atoms with Crippen molar-refractivity contribution >= 4 is 51.6 Å². The molecule has 0 aliphatic heterocycles. The molecule has 4 aromatic rings. The number of nitrogens with one attached hydrogen (secondary N) is 3. The number of benzene rings is 2. The van der Waals surface area contributed by atoms with Crippen LogP contribution in [0.3, 0.4) is 0 Å². The molecule has 4 rings (SSSR count). The maximum Gasteiger partial charge on any atom is 0.276 e. The monoisotopic (exact) mass is 498 g/mol. The summed E-state index contributed by atoms with van der Waals surface area (Å²) in [6.07, 6.45) is 1.26. The number of fused-ring (bicyclic) bond motifs is 1. The molecule has 0 aliphatic carbocycles. The van der Waals surface area contributed by atoms with Crippen LogP contribution in [0.25, 0.3) is 22.4 Å². The van der Waals surface area contributed by atoms with Crippen LogP contribution in [0.4, 0.5) is 5.69 Å². The molecule has 0 aliphatic rings. The SMILES string of the molecule is CCOc1ccc(NC(=S)NNC(=O)COc2ncnc3onc(-c4ccc(Cl)cc4)c23)cc1. The number of amides is 1. The van der Waals surface area contributed by atoms with Gasteiger partial charge in [-0.05, 0) is 55.5 Å². The highest BCUT2D eigenvalue weighted by molar-refractivity contribution is 7.80. The van der Waals surface area contributed by atoms with Gasteiger partial charge in [0, 0.05) is 16.3 Å². The molecule has 3 N–H and O–H groups in total. The molecule has 2 heterocycles. The van der Waals surface area contributed by atoms with Gasteiger partial charge in [0.25, 0.3) is 11.6 Å². The Morgan fingerprint density at radius 3 is 2.56 bits per heavy atom. The van der Waals surface area contributed by atoms with Crippen molar-refractivity contribution in [2.24, 2.45) is 0 Å². The second-order valence-corrected chi connectivity index (χ2v) is 7.62. The minimum atomic E-state index is -0.480. The van der Waals surface area contributed by atoms with Crippen LogP contribution in [-0.2, 0) is 4.79 Å². The molecule has 174 valence electrons. The van der Waals surface area contributed by atoms with Gasteiger partial charge >= 0.3 is 0 Å². The highest BCUT2D eigenvalue weighted by Gasteiger charge is 2.18. The lowest BCUT2D eigenvalue weighted by Crippen LogP contribution is -2.45. The molecular formula is C22H19ClN6O4S. The van der Waals surface area contributed by atoms with Crippen molar-refractivity contribution in [2.45, 2.75) is 6.92 Å². The Balaban J connectivity index is 1.34. The van der Waals surface area contributed by atoms with Crippen molar-refractivity contribution in [3.05, 3.63) is 59.9 Å². The van der Waals surface area contributed by atoms with E-state index in [1.54, 1.807) is 24.3 Å². The van der Waals surface area contributed by atoms with E-state index in [9.17, 15) is 4.79 Å². The van der Waals surface area contributed by atoms with E-state index in [1.165, 1.54) is 6.33 Å². The van der Waals surface area contributed by atoms with E-state index in [1.807, 2.05) is 31.2 Å². The average molecular weight is 499 g/mol. The Morgan fingerprint density at radius 2 is 1.82 bits per heavy atom. The normalized spacial score (nSPS) is 10.5. The van der Waals surface area contributed by atoms with Gasteiger partial charge in [0.2, 0.25) is 5.88 Å². The molecule has 2 aromatic heterocycles. The zero-order valence-corrected chi connectivity index (χ0v) is 19.4. The summed E-state index contributed by atoms with van der Waals surface area (Å²) in [7, 11) is 0. The van der Waals surface area contributed by atoms with E-state index < -0.39 is 5.91 Å². The van der Waals surface area contributed by atoms with E-state index in [-0.39, 0.29) is 23.3 Å². The van der Waals surface area contributed by atoms with Crippen molar-refractivity contribution in [1.82, 2.24) is 26.0 Å². The smallest absolute Gasteiger partial charge is 0.276 e. The van der Waals surface area contributed by atoms with Crippen LogP contribution >= 0.6 is 23.8 Å². The molecule has 10 nitrogen and oxygen atoms in total. The summed E-state index contributed by atoms with van der Waals surface area (Å²) >= 11 is 11.1. The maximum atomic E-state index is 12.3. The van der Waals surface area contributed by atoms with Crippen LogP contribution in [0.2, 0.25) is 5.02 Å². The van der Waals surface area contributed by atoms with Crippen molar-refractivity contribution in [1.29, 1.82) is 0 Å². The van der Waals surface area contributed by atoms with Gasteiger partial charge in [0.1, 0.15) is 23.2 Å². The first-order chi connectivity index (χ1) is 16.5. The third-order valence-electron chi connectivity index (χ3n) is 4.43. The third kappa shape index (κ3) is 5.69. The van der Waals surface area contributed by atoms with Crippen molar-refractivity contribution < 1.29 is 18.8 Å². The minimum absolute atomic E-state index is 0.154. The lowest BCUT2D eigenvalue weighted by molar-refractivity contribution is -0.123. The molecule has 0 spiro atoms. The quantitative estimate of drug-likeness (QED) is 0.256. The van der Waals surface area contributed by atoms with Crippen molar-refractivity contribution in [3.63, 3.8) is 0 Å². The maximum absolute atomic E-state index is 12.3. The number of hydrazine groups is 1. The van der Waals surface area contributed by atoms with E-state index in [0.29, 0.717) is 22.7 Å². The van der Waals surface area contributed by atoms with E-state index in [4.69, 9.17) is 37.8 Å². The van der Waals surface area contributed by atoms with Gasteiger partial charge in [-0.15, -0.1) is 0 Å². The predicted molar refractivity (Wildman–Crippen MR) is 131 cm³/mol. The molecule has 0 radical (unpaired) electrons. The molecule has 0 atom stereocenters. The van der Waals surface area contributed by atoms with Gasteiger partial charge in [0.15, 0.2) is 11.7 Å². The van der Waals surface area contributed by atoms with E-state index in [0.717, 1.165) is 17.0 Å². The summed E-state index contributed by atoms with van der Waals surface area (Å²) in [6.45, 7) is 2.16. The Labute approximate surface area is 204 Å². The minimum Gasteiger partial charge on any atom is -0.494 e. The van der Waals surface area contributed by atoms with Crippen LogP contribution in [0, 0.1) is 0 Å². The predicted octanol–water partition coefficient (Wildman–Crippen LogP) is 3.73. The average Bonchev–Trinajstić information content (AvgIpc) is 3.28. The van der Waals surface area contributed by atoms with Gasteiger partial charge in [-0.2, -0.15) is 4.98 Å². The number of halogens is 1. The number of anilines is 1. The van der Waals surface area contributed by atoms with Crippen LogP contribution in [-0.4, -0.2) is 39.4 Å². The first kappa shape index (κ1) is 23.2. The Morgan fingerprint density at radius 1 is 1.06 bits per heavy atom. The largest absolute Gasteiger partial charge is 0.494 e. The summed E-state index contributed by atoms with van der Waals surface area (Å²) in [5.74, 6) is 0.428. The highest BCUT2D eigenvalue weighted by Crippen LogP contribution is 2.32. The molecule has 2 aromatic carbocycles. The molecule has 34 heavy (non-hydrogen) atoms. The number of hydrogen-bond donors (Lipinski definition) is 3. The number of nitrogens with zero attached hydrogens (tertiary/aromatic N) is 3. The number of thiocarbonyl (C=S) groups is 1. The standard InChI is InChI=1S/C22H19ClN6O4S/c1-2-31-16-9-7-15(8-10-16)26-22(34)28-27-17(30)11-32-20-18-19(13-3-5-14(23)6-4-13)29-33-21(18)25-12-24-20/h3-10,12H,2,11H2,1H3,(H,27,30)(H2,26,28,34). The van der Waals surface area contributed by atoms with Gasteiger partial charge in [-0.25, -0.2) is 4.98 Å². The molecule has 0 fully saturated rings. The van der Waals surface area contributed by atoms with E-state index >= 15 is 0 Å².